The molecule has 1 fully saturated rings. The first-order valence-corrected chi connectivity index (χ1v) is 15.5. The molecule has 10 heteroatoms. The normalized spacial score (nSPS) is 17.5. The van der Waals surface area contributed by atoms with Crippen LogP contribution in [0.1, 0.15) is 34.0 Å². The van der Waals surface area contributed by atoms with E-state index in [9.17, 15) is 9.90 Å². The molecule has 10 nitrogen and oxygen atoms in total. The molecule has 6 rings (SSSR count). The van der Waals surface area contributed by atoms with Gasteiger partial charge in [-0.2, -0.15) is 0 Å². The highest BCUT2D eigenvalue weighted by molar-refractivity contribution is 5.70. The molecule has 0 aliphatic carbocycles. The Kier molecular flexibility index (Phi) is 8.89. The van der Waals surface area contributed by atoms with Gasteiger partial charge in [-0.15, -0.1) is 0 Å². The number of nitrogens with one attached hydrogen (secondary N) is 1. The minimum atomic E-state index is -0.726. The number of pyridine rings is 1. The minimum absolute atomic E-state index is 0.0797. The van der Waals surface area contributed by atoms with E-state index in [2.05, 4.69) is 34.3 Å². The first-order chi connectivity index (χ1) is 21.7. The van der Waals surface area contributed by atoms with Crippen LogP contribution in [-0.2, 0) is 20.0 Å². The van der Waals surface area contributed by atoms with Crippen LogP contribution < -0.4 is 26.0 Å². The summed E-state index contributed by atoms with van der Waals surface area (Å²) in [6.07, 6.45) is 1.76. The molecule has 45 heavy (non-hydrogen) atoms. The lowest BCUT2D eigenvalue weighted by Crippen LogP contribution is -2.49. The van der Waals surface area contributed by atoms with E-state index in [1.807, 2.05) is 50.2 Å². The zero-order valence-electron chi connectivity index (χ0n) is 26.7. The minimum Gasteiger partial charge on any atom is -0.493 e. The van der Waals surface area contributed by atoms with Crippen LogP contribution in [0.15, 0.2) is 64.5 Å². The van der Waals surface area contributed by atoms with Gasteiger partial charge in [-0.1, -0.05) is 23.8 Å². The molecule has 2 N–H and O–H groups in total. The summed E-state index contributed by atoms with van der Waals surface area (Å²) in [6, 6.07) is 16.1. The maximum absolute atomic E-state index is 13.6. The van der Waals surface area contributed by atoms with Gasteiger partial charge in [0, 0.05) is 57.6 Å². The standard InChI is InChI=1S/C35H42N6O4/c1-22-14-23(2)34(24(3)15-22)38-33-18-29-27-17-32(31(44-5)16-25(27)9-12-41(29)35(43)39(33)4)45-21-26(42)20-40-13-11-36-19-30(40)28-8-6-7-10-37-28/h6-8,10,14-18,26,30,36,42H,9,11-13,19-21H2,1-5H3. The van der Waals surface area contributed by atoms with Crippen molar-refractivity contribution in [3.63, 3.8) is 0 Å². The molecule has 236 valence electrons. The van der Waals surface area contributed by atoms with Crippen molar-refractivity contribution in [2.24, 2.45) is 12.0 Å². The highest BCUT2D eigenvalue weighted by Crippen LogP contribution is 2.38. The molecule has 0 radical (unpaired) electrons. The number of aryl methyl sites for hydroxylation is 4. The summed E-state index contributed by atoms with van der Waals surface area (Å²) in [4.78, 5) is 25.3. The first-order valence-electron chi connectivity index (χ1n) is 15.5. The Balaban J connectivity index is 1.29. The lowest BCUT2D eigenvalue weighted by molar-refractivity contribution is 0.0421. The van der Waals surface area contributed by atoms with Crippen LogP contribution in [0.4, 0.5) is 5.69 Å². The summed E-state index contributed by atoms with van der Waals surface area (Å²) in [5.74, 6) is 1.12. The van der Waals surface area contributed by atoms with Crippen LogP contribution in [0.2, 0.25) is 0 Å². The van der Waals surface area contributed by atoms with E-state index in [-0.39, 0.29) is 18.3 Å². The third-order valence-corrected chi connectivity index (χ3v) is 8.81. The van der Waals surface area contributed by atoms with E-state index < -0.39 is 6.10 Å². The molecule has 2 unspecified atom stereocenters. The Morgan fingerprint density at radius 1 is 1.09 bits per heavy atom. The number of benzene rings is 2. The largest absolute Gasteiger partial charge is 0.493 e. The molecule has 1 saturated heterocycles. The number of fused-ring (bicyclic) bond motifs is 3. The quantitative estimate of drug-likeness (QED) is 0.315. The average molecular weight is 611 g/mol. The van der Waals surface area contributed by atoms with Crippen LogP contribution in [-0.4, -0.2) is 70.1 Å². The highest BCUT2D eigenvalue weighted by atomic mass is 16.5. The van der Waals surface area contributed by atoms with Crippen molar-refractivity contribution in [2.45, 2.75) is 45.9 Å². The molecule has 2 aromatic carbocycles. The lowest BCUT2D eigenvalue weighted by Gasteiger charge is -2.36. The number of hydrogen-bond donors (Lipinski definition) is 2. The fourth-order valence-corrected chi connectivity index (χ4v) is 6.58. The van der Waals surface area contributed by atoms with Crippen LogP contribution in [0.3, 0.4) is 0 Å². The molecular weight excluding hydrogens is 568 g/mol. The third kappa shape index (κ3) is 6.31. The molecule has 0 bridgehead atoms. The smallest absolute Gasteiger partial charge is 0.329 e. The van der Waals surface area contributed by atoms with Gasteiger partial charge in [-0.05, 0) is 68.1 Å². The molecule has 4 heterocycles. The summed E-state index contributed by atoms with van der Waals surface area (Å²) in [7, 11) is 3.39. The Morgan fingerprint density at radius 3 is 2.62 bits per heavy atom. The second-order valence-electron chi connectivity index (χ2n) is 12.1. The van der Waals surface area contributed by atoms with E-state index >= 15 is 0 Å². The number of piperazine rings is 1. The summed E-state index contributed by atoms with van der Waals surface area (Å²) in [5.41, 5.74) is 8.39. The van der Waals surface area contributed by atoms with Crippen LogP contribution in [0, 0.1) is 20.8 Å². The maximum Gasteiger partial charge on any atom is 0.329 e. The van der Waals surface area contributed by atoms with Crippen LogP contribution in [0.5, 0.6) is 11.5 Å². The monoisotopic (exact) mass is 610 g/mol. The average Bonchev–Trinajstić information content (AvgIpc) is 3.04. The zero-order valence-corrected chi connectivity index (χ0v) is 26.7. The Bertz CT molecular complexity index is 1810. The number of rotatable bonds is 8. The molecule has 2 atom stereocenters. The van der Waals surface area contributed by atoms with Gasteiger partial charge in [0.15, 0.2) is 11.5 Å². The number of β-amino-alcohol motifs (C(OH)–C–C–N with tert-alkyl or cyclic N) is 1. The number of ether oxygens (including phenoxy) is 2. The van der Waals surface area contributed by atoms with Gasteiger partial charge < -0.3 is 19.9 Å². The van der Waals surface area contributed by atoms with E-state index in [1.165, 1.54) is 5.56 Å². The van der Waals surface area contributed by atoms with E-state index in [4.69, 9.17) is 14.5 Å². The molecule has 0 saturated carbocycles. The van der Waals surface area contributed by atoms with Gasteiger partial charge in [0.05, 0.1) is 30.2 Å². The van der Waals surface area contributed by atoms with Crippen molar-refractivity contribution in [3.8, 4) is 22.8 Å². The van der Waals surface area contributed by atoms with Gasteiger partial charge in [-0.3, -0.25) is 19.0 Å². The Morgan fingerprint density at radius 2 is 1.89 bits per heavy atom. The lowest BCUT2D eigenvalue weighted by atomic mass is 9.97. The second kappa shape index (κ2) is 13.0. The van der Waals surface area contributed by atoms with Crippen molar-refractivity contribution in [3.05, 3.63) is 98.6 Å². The number of methoxy groups -OCH3 is 1. The van der Waals surface area contributed by atoms with Crippen LogP contribution >= 0.6 is 0 Å². The molecular formula is C35H42N6O4. The predicted octanol–water partition coefficient (Wildman–Crippen LogP) is 3.36. The van der Waals surface area contributed by atoms with Crippen LogP contribution in [0.25, 0.3) is 11.3 Å². The molecule has 2 aromatic heterocycles. The van der Waals surface area contributed by atoms with E-state index in [0.29, 0.717) is 36.5 Å². The molecule has 0 amide bonds. The Labute approximate surface area is 263 Å². The van der Waals surface area contributed by atoms with Crippen molar-refractivity contribution >= 4 is 5.69 Å². The maximum atomic E-state index is 13.6. The predicted molar refractivity (Wildman–Crippen MR) is 174 cm³/mol. The number of nitrogens with zero attached hydrogens (tertiary/aromatic N) is 5. The van der Waals surface area contributed by atoms with Crippen molar-refractivity contribution in [1.82, 2.24) is 24.3 Å². The summed E-state index contributed by atoms with van der Waals surface area (Å²) < 4.78 is 15.3. The van der Waals surface area contributed by atoms with E-state index in [0.717, 1.165) is 59.0 Å². The number of aromatic nitrogens is 3. The molecule has 0 spiro atoms. The van der Waals surface area contributed by atoms with Crippen molar-refractivity contribution < 1.29 is 14.6 Å². The van der Waals surface area contributed by atoms with Gasteiger partial charge in [0.1, 0.15) is 18.2 Å². The highest BCUT2D eigenvalue weighted by Gasteiger charge is 2.27. The van der Waals surface area contributed by atoms with E-state index in [1.54, 1.807) is 29.5 Å². The summed E-state index contributed by atoms with van der Waals surface area (Å²) >= 11 is 0. The zero-order chi connectivity index (χ0) is 31.7. The summed E-state index contributed by atoms with van der Waals surface area (Å²) in [5, 5.41) is 14.5. The third-order valence-electron chi connectivity index (χ3n) is 8.81. The summed E-state index contributed by atoms with van der Waals surface area (Å²) in [6.45, 7) is 9.70. The fraction of sp³-hybridized carbons (Fsp3) is 0.400. The topological polar surface area (TPSA) is 106 Å². The number of aliphatic hydroxyl groups is 1. The molecule has 4 aromatic rings. The Hall–Kier alpha value is -4.25. The van der Waals surface area contributed by atoms with Gasteiger partial charge in [0.25, 0.3) is 0 Å². The second-order valence-corrected chi connectivity index (χ2v) is 12.1. The molecule has 2 aliphatic heterocycles. The van der Waals surface area contributed by atoms with Crippen molar-refractivity contribution in [2.75, 3.05) is 39.9 Å². The SMILES string of the molecule is COc1cc2c(cc1OCC(O)CN1CCNCC1c1ccccn1)-c1cc(=Nc3c(C)cc(C)cc3C)n(C)c(=O)n1CC2. The van der Waals surface area contributed by atoms with Gasteiger partial charge in [-0.25, -0.2) is 9.79 Å². The number of hydrogen-bond acceptors (Lipinski definition) is 8. The van der Waals surface area contributed by atoms with Crippen molar-refractivity contribution in [1.29, 1.82) is 0 Å². The van der Waals surface area contributed by atoms with Gasteiger partial charge in [0.2, 0.25) is 0 Å². The molecule has 2 aliphatic rings. The number of aliphatic hydroxyl groups excluding tert-OH is 1. The first kappa shape index (κ1) is 30.8. The fourth-order valence-electron chi connectivity index (χ4n) is 6.58. The van der Waals surface area contributed by atoms with Gasteiger partial charge >= 0.3 is 5.69 Å².